The van der Waals surface area contributed by atoms with Crippen molar-refractivity contribution in [1.82, 2.24) is 10.3 Å². The van der Waals surface area contributed by atoms with Gasteiger partial charge in [0.15, 0.2) is 12.3 Å². The van der Waals surface area contributed by atoms with Crippen LogP contribution < -0.4 is 10.1 Å². The molecule has 2 aromatic carbocycles. The average Bonchev–Trinajstić information content (AvgIpc) is 3.29. The molecule has 152 valence electrons. The third-order valence-corrected chi connectivity index (χ3v) is 5.37. The first kappa shape index (κ1) is 19.9. The first-order valence-electron chi connectivity index (χ1n) is 9.29. The minimum atomic E-state index is -0.509. The predicted molar refractivity (Wildman–Crippen MR) is 112 cm³/mol. The number of aryl methyl sites for hydroxylation is 1. The number of thioether (sulfide) groups is 1. The summed E-state index contributed by atoms with van der Waals surface area (Å²) in [7, 11) is 0. The molecule has 1 aliphatic rings. The Labute approximate surface area is 176 Å². The average molecular weight is 422 g/mol. The van der Waals surface area contributed by atoms with Crippen LogP contribution in [0.5, 0.6) is 5.75 Å². The molecule has 1 N–H and O–H groups in total. The molecule has 7 nitrogen and oxygen atoms in total. The predicted octanol–water partition coefficient (Wildman–Crippen LogP) is 3.81. The first-order valence-corrected chi connectivity index (χ1v) is 10.1. The highest BCUT2D eigenvalue weighted by Crippen LogP contribution is 2.23. The second-order valence-electron chi connectivity index (χ2n) is 6.76. The van der Waals surface area contributed by atoms with Crippen molar-refractivity contribution in [2.75, 3.05) is 6.61 Å². The van der Waals surface area contributed by atoms with Crippen molar-refractivity contribution in [1.29, 1.82) is 0 Å². The molecule has 0 bridgehead atoms. The van der Waals surface area contributed by atoms with E-state index in [4.69, 9.17) is 9.15 Å². The molecule has 1 atom stereocenters. The van der Waals surface area contributed by atoms with Gasteiger partial charge in [-0.15, -0.1) is 0 Å². The van der Waals surface area contributed by atoms with E-state index in [0.717, 1.165) is 11.1 Å². The number of ether oxygens (including phenoxy) is 1. The summed E-state index contributed by atoms with van der Waals surface area (Å²) < 4.78 is 11.2. The highest BCUT2D eigenvalue weighted by Gasteiger charge is 2.31. The lowest BCUT2D eigenvalue weighted by Gasteiger charge is -2.09. The number of carbonyl (C=O) groups is 3. The molecular formula is C22H18N2O5S. The van der Waals surface area contributed by atoms with Gasteiger partial charge in [-0.05, 0) is 36.8 Å². The van der Waals surface area contributed by atoms with Crippen LogP contribution in [0.4, 0.5) is 4.79 Å². The zero-order valence-corrected chi connectivity index (χ0v) is 16.9. The Balaban J connectivity index is 1.36. The molecule has 1 amide bonds. The van der Waals surface area contributed by atoms with E-state index in [1.165, 1.54) is 0 Å². The van der Waals surface area contributed by atoms with Crippen LogP contribution >= 0.6 is 11.8 Å². The minimum Gasteiger partial charge on any atom is -0.485 e. The van der Waals surface area contributed by atoms with Crippen LogP contribution in [0.3, 0.4) is 0 Å². The Morgan fingerprint density at radius 3 is 2.53 bits per heavy atom. The number of aromatic nitrogens is 1. The van der Waals surface area contributed by atoms with E-state index in [9.17, 15) is 14.4 Å². The van der Waals surface area contributed by atoms with E-state index in [1.54, 1.807) is 31.2 Å². The van der Waals surface area contributed by atoms with Crippen LogP contribution in [0.25, 0.3) is 11.5 Å². The summed E-state index contributed by atoms with van der Waals surface area (Å²) in [5.74, 6) is 1.08. The Kier molecular flexibility index (Phi) is 5.67. The van der Waals surface area contributed by atoms with Gasteiger partial charge in [0, 0.05) is 23.7 Å². The Bertz CT molecular complexity index is 1090. The lowest BCUT2D eigenvalue weighted by molar-refractivity contribution is -0.112. The normalized spacial score (nSPS) is 15.8. The summed E-state index contributed by atoms with van der Waals surface area (Å²) in [5, 5.41) is 2.13. The largest absolute Gasteiger partial charge is 0.485 e. The van der Waals surface area contributed by atoms with Crippen molar-refractivity contribution in [3.8, 4) is 17.2 Å². The molecular weight excluding hydrogens is 404 g/mol. The third kappa shape index (κ3) is 4.44. The number of nitrogens with one attached hydrogen (secondary N) is 1. The van der Waals surface area contributed by atoms with Gasteiger partial charge in [0.2, 0.25) is 16.8 Å². The molecule has 0 radical (unpaired) electrons. The summed E-state index contributed by atoms with van der Waals surface area (Å²) in [6.07, 6.45) is 0.414. The highest BCUT2D eigenvalue weighted by atomic mass is 32.2. The SMILES string of the molecule is Cc1oc(-c2ccccc2)nc1C(=O)COc1ccc(CC2NC(=O)SC2=O)cc1. The fraction of sp³-hybridized carbons (Fsp3) is 0.182. The number of Topliss-reactive ketones (excluding diaryl/α,β-unsaturated/α-hetero) is 1. The summed E-state index contributed by atoms with van der Waals surface area (Å²) >= 11 is 0.697. The summed E-state index contributed by atoms with van der Waals surface area (Å²) in [6, 6.07) is 15.9. The number of rotatable bonds is 7. The van der Waals surface area contributed by atoms with Crippen LogP contribution in [-0.4, -0.2) is 33.8 Å². The van der Waals surface area contributed by atoms with Crippen molar-refractivity contribution < 1.29 is 23.5 Å². The van der Waals surface area contributed by atoms with Crippen molar-refractivity contribution in [3.63, 3.8) is 0 Å². The minimum absolute atomic E-state index is 0.172. The number of benzene rings is 2. The maximum absolute atomic E-state index is 12.5. The zero-order valence-electron chi connectivity index (χ0n) is 16.1. The number of ketones is 1. The number of amides is 1. The molecule has 1 aromatic heterocycles. The molecule has 0 spiro atoms. The zero-order chi connectivity index (χ0) is 21.1. The molecule has 0 aliphatic carbocycles. The molecule has 8 heteroatoms. The summed E-state index contributed by atoms with van der Waals surface area (Å²) in [6.45, 7) is 1.53. The number of hydrogen-bond acceptors (Lipinski definition) is 7. The van der Waals surface area contributed by atoms with Crippen molar-refractivity contribution in [2.45, 2.75) is 19.4 Å². The van der Waals surface area contributed by atoms with E-state index >= 15 is 0 Å². The maximum Gasteiger partial charge on any atom is 0.287 e. The van der Waals surface area contributed by atoms with E-state index in [-0.39, 0.29) is 28.4 Å². The second-order valence-corrected chi connectivity index (χ2v) is 7.73. The first-order chi connectivity index (χ1) is 14.5. The molecule has 3 aromatic rings. The smallest absolute Gasteiger partial charge is 0.287 e. The van der Waals surface area contributed by atoms with Crippen LogP contribution in [0, 0.1) is 6.92 Å². The van der Waals surface area contributed by atoms with Gasteiger partial charge in [-0.3, -0.25) is 14.4 Å². The third-order valence-electron chi connectivity index (χ3n) is 4.58. The molecule has 1 fully saturated rings. The van der Waals surface area contributed by atoms with Gasteiger partial charge < -0.3 is 14.5 Å². The van der Waals surface area contributed by atoms with E-state index in [2.05, 4.69) is 10.3 Å². The highest BCUT2D eigenvalue weighted by molar-refractivity contribution is 8.26. The van der Waals surface area contributed by atoms with Gasteiger partial charge in [-0.2, -0.15) is 0 Å². The number of hydrogen-bond donors (Lipinski definition) is 1. The molecule has 2 heterocycles. The van der Waals surface area contributed by atoms with E-state index < -0.39 is 6.04 Å². The van der Waals surface area contributed by atoms with Crippen molar-refractivity contribution in [3.05, 3.63) is 71.6 Å². The monoisotopic (exact) mass is 422 g/mol. The van der Waals surface area contributed by atoms with E-state index in [1.807, 2.05) is 30.3 Å². The summed E-state index contributed by atoms with van der Waals surface area (Å²) in [4.78, 5) is 39.8. The molecule has 1 saturated heterocycles. The molecule has 1 unspecified atom stereocenters. The molecule has 30 heavy (non-hydrogen) atoms. The molecule has 4 rings (SSSR count). The van der Waals surface area contributed by atoms with Gasteiger partial charge in [0.25, 0.3) is 5.24 Å². The van der Waals surface area contributed by atoms with Crippen LogP contribution in [0.2, 0.25) is 0 Å². The Morgan fingerprint density at radius 2 is 1.87 bits per heavy atom. The standard InChI is InChI=1S/C22H18N2O5S/c1-13-19(24-20(29-13)15-5-3-2-4-6-15)18(25)12-28-16-9-7-14(8-10-16)11-17-21(26)30-22(27)23-17/h2-10,17H,11-12H2,1H3,(H,23,27). The number of nitrogens with zero attached hydrogens (tertiary/aromatic N) is 1. The van der Waals surface area contributed by atoms with Crippen LogP contribution in [0.15, 0.2) is 59.0 Å². The topological polar surface area (TPSA) is 98.5 Å². The van der Waals surface area contributed by atoms with Gasteiger partial charge in [-0.1, -0.05) is 30.3 Å². The lowest BCUT2D eigenvalue weighted by atomic mass is 10.1. The van der Waals surface area contributed by atoms with Gasteiger partial charge >= 0.3 is 0 Å². The summed E-state index contributed by atoms with van der Waals surface area (Å²) in [5.41, 5.74) is 1.93. The second kappa shape index (κ2) is 8.54. The Morgan fingerprint density at radius 1 is 1.13 bits per heavy atom. The lowest BCUT2D eigenvalue weighted by Crippen LogP contribution is -2.30. The Hall–Kier alpha value is -3.39. The van der Waals surface area contributed by atoms with Gasteiger partial charge in [0.1, 0.15) is 17.6 Å². The van der Waals surface area contributed by atoms with Crippen molar-refractivity contribution >= 4 is 27.9 Å². The van der Waals surface area contributed by atoms with Gasteiger partial charge in [0.05, 0.1) is 0 Å². The maximum atomic E-state index is 12.5. The quantitative estimate of drug-likeness (QED) is 0.578. The fourth-order valence-corrected chi connectivity index (χ4v) is 3.73. The molecule has 1 aliphatic heterocycles. The molecule has 0 saturated carbocycles. The van der Waals surface area contributed by atoms with Crippen molar-refractivity contribution in [2.24, 2.45) is 0 Å². The van der Waals surface area contributed by atoms with Crippen LogP contribution in [0.1, 0.15) is 21.8 Å². The number of carbonyl (C=O) groups excluding carboxylic acids is 3. The number of oxazole rings is 1. The van der Waals surface area contributed by atoms with Crippen LogP contribution in [-0.2, 0) is 11.2 Å². The van der Waals surface area contributed by atoms with E-state index in [0.29, 0.717) is 35.6 Å². The fourth-order valence-electron chi connectivity index (χ4n) is 3.06. The van der Waals surface area contributed by atoms with Gasteiger partial charge in [-0.25, -0.2) is 4.98 Å².